The van der Waals surface area contributed by atoms with Crippen LogP contribution in [0.1, 0.15) is 36.0 Å². The highest BCUT2D eigenvalue weighted by atomic mass is 16.5. The van der Waals surface area contributed by atoms with Crippen molar-refractivity contribution < 1.29 is 9.53 Å². The van der Waals surface area contributed by atoms with Gasteiger partial charge in [-0.3, -0.25) is 4.79 Å². The number of carbonyl (C=O) groups excluding carboxylic acids is 1. The van der Waals surface area contributed by atoms with Gasteiger partial charge in [0.15, 0.2) is 0 Å². The predicted octanol–water partition coefficient (Wildman–Crippen LogP) is 2.61. The number of hydrogen-bond donors (Lipinski definition) is 1. The van der Waals surface area contributed by atoms with E-state index in [1.807, 2.05) is 18.2 Å². The van der Waals surface area contributed by atoms with Crippen molar-refractivity contribution >= 4 is 5.91 Å². The molecule has 2 saturated carbocycles. The first-order chi connectivity index (χ1) is 8.76. The van der Waals surface area contributed by atoms with Gasteiger partial charge in [-0.2, -0.15) is 0 Å². The number of carbonyl (C=O) groups is 1. The van der Waals surface area contributed by atoms with Gasteiger partial charge < -0.3 is 10.1 Å². The Morgan fingerprint density at radius 1 is 1.33 bits per heavy atom. The van der Waals surface area contributed by atoms with E-state index in [1.165, 1.54) is 25.7 Å². The molecule has 1 aromatic carbocycles. The van der Waals surface area contributed by atoms with E-state index in [4.69, 9.17) is 4.74 Å². The highest BCUT2D eigenvalue weighted by Gasteiger charge is 2.40. The summed E-state index contributed by atoms with van der Waals surface area (Å²) in [6, 6.07) is 7.73. The Bertz CT molecular complexity index is 458. The molecule has 3 rings (SSSR count). The highest BCUT2D eigenvalue weighted by molar-refractivity contribution is 5.94. The molecule has 3 nitrogen and oxygen atoms in total. The Kier molecular flexibility index (Phi) is 2.98. The van der Waals surface area contributed by atoms with E-state index in [0.29, 0.717) is 17.5 Å². The zero-order chi connectivity index (χ0) is 12.5. The zero-order valence-corrected chi connectivity index (χ0v) is 10.7. The summed E-state index contributed by atoms with van der Waals surface area (Å²) in [7, 11) is 1.62. The van der Waals surface area contributed by atoms with Crippen LogP contribution >= 0.6 is 0 Å². The number of ether oxygens (including phenoxy) is 1. The molecule has 3 atom stereocenters. The molecule has 0 aliphatic heterocycles. The topological polar surface area (TPSA) is 38.3 Å². The number of benzene rings is 1. The molecule has 2 bridgehead atoms. The summed E-state index contributed by atoms with van der Waals surface area (Å²) in [5.74, 6) is 2.33. The third-order valence-corrected chi connectivity index (χ3v) is 4.39. The molecule has 18 heavy (non-hydrogen) atoms. The molecular formula is C15H19NO2. The number of nitrogens with one attached hydrogen (secondary N) is 1. The maximum atomic E-state index is 12.2. The van der Waals surface area contributed by atoms with Crippen LogP contribution in [0.3, 0.4) is 0 Å². The fourth-order valence-electron chi connectivity index (χ4n) is 3.44. The van der Waals surface area contributed by atoms with Crippen LogP contribution < -0.4 is 10.1 Å². The van der Waals surface area contributed by atoms with Gasteiger partial charge in [0, 0.05) is 11.6 Å². The van der Waals surface area contributed by atoms with Gasteiger partial charge in [0.25, 0.3) is 5.91 Å². The van der Waals surface area contributed by atoms with Crippen LogP contribution in [0.5, 0.6) is 5.75 Å². The second kappa shape index (κ2) is 4.63. The number of fused-ring (bicyclic) bond motifs is 2. The van der Waals surface area contributed by atoms with Crippen molar-refractivity contribution in [1.29, 1.82) is 0 Å². The summed E-state index contributed by atoms with van der Waals surface area (Å²) in [5, 5.41) is 3.18. The van der Waals surface area contributed by atoms with E-state index in [-0.39, 0.29) is 5.91 Å². The Morgan fingerprint density at radius 2 is 2.22 bits per heavy atom. The number of hydrogen-bond acceptors (Lipinski definition) is 2. The van der Waals surface area contributed by atoms with Crippen LogP contribution in [0, 0.1) is 11.8 Å². The lowest BCUT2D eigenvalue weighted by Crippen LogP contribution is -2.38. The monoisotopic (exact) mass is 245 g/mol. The summed E-state index contributed by atoms with van der Waals surface area (Å²) in [6.07, 6.45) is 5.12. The van der Waals surface area contributed by atoms with Crippen molar-refractivity contribution in [2.24, 2.45) is 11.8 Å². The molecule has 2 fully saturated rings. The second-order valence-corrected chi connectivity index (χ2v) is 5.49. The summed E-state index contributed by atoms with van der Waals surface area (Å²) in [5.41, 5.74) is 0.692. The van der Waals surface area contributed by atoms with E-state index in [2.05, 4.69) is 5.32 Å². The summed E-state index contributed by atoms with van der Waals surface area (Å²) in [4.78, 5) is 12.2. The van der Waals surface area contributed by atoms with Crippen LogP contribution in [0.4, 0.5) is 0 Å². The van der Waals surface area contributed by atoms with Crippen LogP contribution in [-0.2, 0) is 0 Å². The van der Waals surface area contributed by atoms with Gasteiger partial charge in [0.1, 0.15) is 5.75 Å². The molecule has 3 heteroatoms. The largest absolute Gasteiger partial charge is 0.497 e. The van der Waals surface area contributed by atoms with E-state index in [0.717, 1.165) is 11.7 Å². The van der Waals surface area contributed by atoms with Gasteiger partial charge in [-0.1, -0.05) is 12.5 Å². The van der Waals surface area contributed by atoms with Crippen LogP contribution in [0.25, 0.3) is 0 Å². The first-order valence-electron chi connectivity index (χ1n) is 6.71. The summed E-state index contributed by atoms with van der Waals surface area (Å²) < 4.78 is 5.14. The fourth-order valence-corrected chi connectivity index (χ4v) is 3.44. The Balaban J connectivity index is 1.67. The molecule has 1 amide bonds. The predicted molar refractivity (Wildman–Crippen MR) is 69.7 cm³/mol. The fraction of sp³-hybridized carbons (Fsp3) is 0.533. The molecule has 0 spiro atoms. The van der Waals surface area contributed by atoms with Gasteiger partial charge in [0.2, 0.25) is 0 Å². The van der Waals surface area contributed by atoms with E-state index < -0.39 is 0 Å². The van der Waals surface area contributed by atoms with E-state index in [9.17, 15) is 4.79 Å². The molecule has 96 valence electrons. The molecular weight excluding hydrogens is 226 g/mol. The van der Waals surface area contributed by atoms with Crippen molar-refractivity contribution in [3.05, 3.63) is 29.8 Å². The minimum absolute atomic E-state index is 0.0338. The molecule has 0 saturated heterocycles. The Morgan fingerprint density at radius 3 is 2.89 bits per heavy atom. The minimum Gasteiger partial charge on any atom is -0.497 e. The van der Waals surface area contributed by atoms with E-state index >= 15 is 0 Å². The van der Waals surface area contributed by atoms with Crippen molar-refractivity contribution in [3.63, 3.8) is 0 Å². The molecule has 0 unspecified atom stereocenters. The van der Waals surface area contributed by atoms with Crippen molar-refractivity contribution in [1.82, 2.24) is 5.32 Å². The number of amides is 1. The maximum Gasteiger partial charge on any atom is 0.251 e. The SMILES string of the molecule is COc1cccc(C(=O)N[C@H]2C[C@H]3CC[C@@H]2C3)c1. The van der Waals surface area contributed by atoms with Crippen LogP contribution in [-0.4, -0.2) is 19.1 Å². The van der Waals surface area contributed by atoms with Crippen molar-refractivity contribution in [2.45, 2.75) is 31.7 Å². The lowest BCUT2D eigenvalue weighted by molar-refractivity contribution is 0.0922. The molecule has 0 heterocycles. The Labute approximate surface area is 108 Å². The standard InChI is InChI=1S/C15H19NO2/c1-18-13-4-2-3-12(9-13)15(17)16-14-8-10-5-6-11(14)7-10/h2-4,9-11,14H,5-8H2,1H3,(H,16,17)/t10-,11+,14-/m0/s1. The average molecular weight is 245 g/mol. The third-order valence-electron chi connectivity index (χ3n) is 4.39. The highest BCUT2D eigenvalue weighted by Crippen LogP contribution is 2.44. The summed E-state index contributed by atoms with van der Waals surface area (Å²) in [6.45, 7) is 0. The lowest BCUT2D eigenvalue weighted by Gasteiger charge is -2.22. The van der Waals surface area contributed by atoms with Gasteiger partial charge in [-0.25, -0.2) is 0 Å². The molecule has 2 aliphatic carbocycles. The number of rotatable bonds is 3. The Hall–Kier alpha value is -1.51. The smallest absolute Gasteiger partial charge is 0.251 e. The van der Waals surface area contributed by atoms with Gasteiger partial charge in [0.05, 0.1) is 7.11 Å². The molecule has 0 radical (unpaired) electrons. The van der Waals surface area contributed by atoms with Gasteiger partial charge in [-0.15, -0.1) is 0 Å². The average Bonchev–Trinajstić information content (AvgIpc) is 3.01. The summed E-state index contributed by atoms with van der Waals surface area (Å²) >= 11 is 0. The molecule has 2 aliphatic rings. The normalized spacial score (nSPS) is 29.3. The van der Waals surface area contributed by atoms with Gasteiger partial charge in [-0.05, 0) is 49.3 Å². The minimum atomic E-state index is 0.0338. The van der Waals surface area contributed by atoms with Crippen molar-refractivity contribution in [3.8, 4) is 5.75 Å². The first kappa shape index (κ1) is 11.6. The van der Waals surface area contributed by atoms with Crippen LogP contribution in [0.2, 0.25) is 0 Å². The number of methoxy groups -OCH3 is 1. The van der Waals surface area contributed by atoms with Crippen LogP contribution in [0.15, 0.2) is 24.3 Å². The molecule has 1 aromatic rings. The quantitative estimate of drug-likeness (QED) is 0.889. The van der Waals surface area contributed by atoms with Gasteiger partial charge >= 0.3 is 0 Å². The molecule has 0 aromatic heterocycles. The maximum absolute atomic E-state index is 12.2. The zero-order valence-electron chi connectivity index (χ0n) is 10.7. The molecule has 1 N–H and O–H groups in total. The van der Waals surface area contributed by atoms with Crippen molar-refractivity contribution in [2.75, 3.05) is 7.11 Å². The third kappa shape index (κ3) is 2.09. The first-order valence-corrected chi connectivity index (χ1v) is 6.71. The second-order valence-electron chi connectivity index (χ2n) is 5.49. The van der Waals surface area contributed by atoms with E-state index in [1.54, 1.807) is 13.2 Å². The lowest BCUT2D eigenvalue weighted by atomic mass is 9.95.